The topological polar surface area (TPSA) is 49.4 Å². The first-order valence-electron chi connectivity index (χ1n) is 8.98. The molecule has 0 unspecified atom stereocenters. The fourth-order valence-electron chi connectivity index (χ4n) is 2.72. The highest BCUT2D eigenvalue weighted by Crippen LogP contribution is 2.34. The summed E-state index contributed by atoms with van der Waals surface area (Å²) in [5, 5.41) is 2.26. The van der Waals surface area contributed by atoms with Crippen molar-refractivity contribution in [3.05, 3.63) is 65.2 Å². The Kier molecular flexibility index (Phi) is 6.83. The van der Waals surface area contributed by atoms with Crippen LogP contribution in [-0.4, -0.2) is 29.8 Å². The van der Waals surface area contributed by atoms with Gasteiger partial charge in [0.15, 0.2) is 0 Å². The average molecular weight is 392 g/mol. The van der Waals surface area contributed by atoms with Gasteiger partial charge < -0.3 is 10.2 Å². The number of alkyl halides is 3. The molecule has 1 N–H and O–H groups in total. The molecule has 0 spiro atoms. The van der Waals surface area contributed by atoms with Crippen molar-refractivity contribution in [2.75, 3.05) is 18.4 Å². The van der Waals surface area contributed by atoms with Crippen molar-refractivity contribution >= 4 is 17.5 Å². The molecule has 0 saturated heterocycles. The van der Waals surface area contributed by atoms with E-state index in [9.17, 15) is 22.8 Å². The van der Waals surface area contributed by atoms with Crippen molar-refractivity contribution in [2.24, 2.45) is 0 Å². The Bertz CT molecular complexity index is 830. The minimum absolute atomic E-state index is 0.249. The van der Waals surface area contributed by atoms with E-state index in [0.29, 0.717) is 11.5 Å². The van der Waals surface area contributed by atoms with E-state index in [-0.39, 0.29) is 24.7 Å². The molecule has 0 aromatic heterocycles. The van der Waals surface area contributed by atoms with E-state index < -0.39 is 17.6 Å². The van der Waals surface area contributed by atoms with Gasteiger partial charge in [0.2, 0.25) is 5.91 Å². The number of rotatable bonds is 6. The van der Waals surface area contributed by atoms with E-state index in [4.69, 9.17) is 0 Å². The van der Waals surface area contributed by atoms with Gasteiger partial charge in [0.1, 0.15) is 6.54 Å². The molecule has 2 amide bonds. The molecule has 0 fully saturated rings. The highest BCUT2D eigenvalue weighted by molar-refractivity contribution is 5.99. The molecule has 2 aromatic rings. The van der Waals surface area contributed by atoms with Crippen LogP contribution in [0.5, 0.6) is 0 Å². The monoisotopic (exact) mass is 392 g/mol. The van der Waals surface area contributed by atoms with E-state index >= 15 is 0 Å². The molecule has 0 bridgehead atoms. The second-order valence-electron chi connectivity index (χ2n) is 6.69. The maximum Gasteiger partial charge on any atom is 0.418 e. The Morgan fingerprint density at radius 2 is 1.64 bits per heavy atom. The second-order valence-corrected chi connectivity index (χ2v) is 6.69. The number of hydrogen-bond acceptors (Lipinski definition) is 2. The van der Waals surface area contributed by atoms with Crippen LogP contribution in [0.2, 0.25) is 0 Å². The van der Waals surface area contributed by atoms with E-state index in [1.54, 1.807) is 19.1 Å². The van der Waals surface area contributed by atoms with Crippen molar-refractivity contribution in [2.45, 2.75) is 32.9 Å². The highest BCUT2D eigenvalue weighted by atomic mass is 19.4. The molecule has 28 heavy (non-hydrogen) atoms. The summed E-state index contributed by atoms with van der Waals surface area (Å²) in [6.07, 6.45) is -4.58. The van der Waals surface area contributed by atoms with Gasteiger partial charge in [0, 0.05) is 12.1 Å². The van der Waals surface area contributed by atoms with Crippen LogP contribution in [0.25, 0.3) is 0 Å². The number of benzene rings is 2. The molecule has 0 aliphatic heterocycles. The summed E-state index contributed by atoms with van der Waals surface area (Å²) in [5.74, 6) is -0.714. The Morgan fingerprint density at radius 1 is 1.04 bits per heavy atom. The fraction of sp³-hybridized carbons (Fsp3) is 0.333. The summed E-state index contributed by atoms with van der Waals surface area (Å²) >= 11 is 0. The molecule has 0 aliphatic carbocycles. The third kappa shape index (κ3) is 5.34. The molecule has 0 saturated carbocycles. The number of carbonyl (C=O) groups excluding carboxylic acids is 2. The van der Waals surface area contributed by atoms with Gasteiger partial charge in [0.05, 0.1) is 11.3 Å². The SMILES string of the molecule is CCN(CC(=O)Nc1ccccc1C(F)(F)F)C(=O)c1ccc(C(C)C)cc1. The van der Waals surface area contributed by atoms with Gasteiger partial charge in [-0.3, -0.25) is 9.59 Å². The van der Waals surface area contributed by atoms with Crippen LogP contribution in [0.4, 0.5) is 18.9 Å². The van der Waals surface area contributed by atoms with Crippen molar-refractivity contribution in [1.29, 1.82) is 0 Å². The van der Waals surface area contributed by atoms with E-state index in [2.05, 4.69) is 5.32 Å². The van der Waals surface area contributed by atoms with Crippen LogP contribution in [0, 0.1) is 0 Å². The predicted molar refractivity (Wildman–Crippen MR) is 102 cm³/mol. The Labute approximate surface area is 162 Å². The number of carbonyl (C=O) groups is 2. The number of hydrogen-bond donors (Lipinski definition) is 1. The lowest BCUT2D eigenvalue weighted by atomic mass is 10.0. The average Bonchev–Trinajstić information content (AvgIpc) is 2.65. The van der Waals surface area contributed by atoms with Gasteiger partial charge in [-0.25, -0.2) is 0 Å². The molecule has 0 radical (unpaired) electrons. The zero-order valence-electron chi connectivity index (χ0n) is 16.0. The third-order valence-corrected chi connectivity index (χ3v) is 4.33. The van der Waals surface area contributed by atoms with Crippen LogP contribution in [0.3, 0.4) is 0 Å². The molecule has 0 atom stereocenters. The van der Waals surface area contributed by atoms with Gasteiger partial charge in [-0.2, -0.15) is 13.2 Å². The first-order chi connectivity index (χ1) is 13.1. The first kappa shape index (κ1) is 21.5. The van der Waals surface area contributed by atoms with E-state index in [1.807, 2.05) is 26.0 Å². The zero-order valence-corrected chi connectivity index (χ0v) is 16.0. The van der Waals surface area contributed by atoms with Gasteiger partial charge in [-0.1, -0.05) is 38.1 Å². The van der Waals surface area contributed by atoms with Crippen LogP contribution >= 0.6 is 0 Å². The molecule has 2 rings (SSSR count). The van der Waals surface area contributed by atoms with Gasteiger partial charge >= 0.3 is 6.18 Å². The summed E-state index contributed by atoms with van der Waals surface area (Å²) in [5.41, 5.74) is 0.252. The molecule has 7 heteroatoms. The quantitative estimate of drug-likeness (QED) is 0.758. The van der Waals surface area contributed by atoms with Crippen molar-refractivity contribution in [3.63, 3.8) is 0 Å². The third-order valence-electron chi connectivity index (χ3n) is 4.33. The van der Waals surface area contributed by atoms with Gasteiger partial charge in [0.25, 0.3) is 5.91 Å². The largest absolute Gasteiger partial charge is 0.418 e. The summed E-state index contributed by atoms with van der Waals surface area (Å²) in [7, 11) is 0. The molecular formula is C21H23F3N2O2. The number of anilines is 1. The van der Waals surface area contributed by atoms with Crippen molar-refractivity contribution in [3.8, 4) is 0 Å². The summed E-state index contributed by atoms with van der Waals surface area (Å²) in [6, 6.07) is 11.8. The number of para-hydroxylation sites is 1. The highest BCUT2D eigenvalue weighted by Gasteiger charge is 2.33. The maximum absolute atomic E-state index is 13.1. The van der Waals surface area contributed by atoms with E-state index in [1.165, 1.54) is 23.1 Å². The molecule has 150 valence electrons. The summed E-state index contributed by atoms with van der Waals surface area (Å²) in [4.78, 5) is 26.2. The molecule has 4 nitrogen and oxygen atoms in total. The van der Waals surface area contributed by atoms with Gasteiger partial charge in [-0.05, 0) is 42.7 Å². The predicted octanol–water partition coefficient (Wildman–Crippen LogP) is 4.93. The zero-order chi connectivity index (χ0) is 20.9. The molecule has 2 aromatic carbocycles. The minimum Gasteiger partial charge on any atom is -0.330 e. The molecule has 0 aliphatic rings. The lowest BCUT2D eigenvalue weighted by Gasteiger charge is -2.21. The normalized spacial score (nSPS) is 11.4. The number of nitrogens with one attached hydrogen (secondary N) is 1. The van der Waals surface area contributed by atoms with Gasteiger partial charge in [-0.15, -0.1) is 0 Å². The first-order valence-corrected chi connectivity index (χ1v) is 8.98. The number of likely N-dealkylation sites (N-methyl/N-ethyl adjacent to an activating group) is 1. The second kappa shape index (κ2) is 8.91. The Morgan fingerprint density at radius 3 is 2.18 bits per heavy atom. The van der Waals surface area contributed by atoms with Crippen LogP contribution in [0.1, 0.15) is 48.2 Å². The number of halogens is 3. The lowest BCUT2D eigenvalue weighted by Crippen LogP contribution is -2.38. The fourth-order valence-corrected chi connectivity index (χ4v) is 2.72. The summed E-state index contributed by atoms with van der Waals surface area (Å²) < 4.78 is 39.2. The Hall–Kier alpha value is -2.83. The number of amides is 2. The molecule has 0 heterocycles. The van der Waals surface area contributed by atoms with E-state index in [0.717, 1.165) is 11.6 Å². The Balaban J connectivity index is 2.10. The number of nitrogens with zero attached hydrogens (tertiary/aromatic N) is 1. The van der Waals surface area contributed by atoms with Crippen LogP contribution < -0.4 is 5.32 Å². The smallest absolute Gasteiger partial charge is 0.330 e. The maximum atomic E-state index is 13.1. The molecular weight excluding hydrogens is 369 g/mol. The van der Waals surface area contributed by atoms with Crippen molar-refractivity contribution in [1.82, 2.24) is 4.90 Å². The van der Waals surface area contributed by atoms with Crippen LogP contribution in [0.15, 0.2) is 48.5 Å². The summed E-state index contributed by atoms with van der Waals surface area (Å²) in [6.45, 7) is 5.69. The van der Waals surface area contributed by atoms with Crippen molar-refractivity contribution < 1.29 is 22.8 Å². The standard InChI is InChI=1S/C21H23F3N2O2/c1-4-26(20(28)16-11-9-15(10-12-16)14(2)3)13-19(27)25-18-8-6-5-7-17(18)21(22,23)24/h5-12,14H,4,13H2,1-3H3,(H,25,27). The van der Waals surface area contributed by atoms with Crippen LogP contribution in [-0.2, 0) is 11.0 Å². The minimum atomic E-state index is -4.58. The lowest BCUT2D eigenvalue weighted by molar-refractivity contribution is -0.137.